The van der Waals surface area contributed by atoms with E-state index in [0.29, 0.717) is 5.82 Å². The number of nitrogens with zero attached hydrogens (tertiary/aromatic N) is 1. The quantitative estimate of drug-likeness (QED) is 0.320. The van der Waals surface area contributed by atoms with Crippen LogP contribution in [0.5, 0.6) is 0 Å². The second kappa shape index (κ2) is 6.18. The lowest BCUT2D eigenvalue weighted by Crippen LogP contribution is -2.12. The number of allylic oxidation sites excluding steroid dienone is 2. The zero-order valence-corrected chi connectivity index (χ0v) is 6.83. The first-order valence-corrected chi connectivity index (χ1v) is 3.40. The number of aliphatic imine (C=N–C) groups is 1. The Hall–Kier alpha value is -1.55. The molecule has 0 unspecified atom stereocenters. The SMILES string of the molecule is C=C/C=C(\N=C)N/C(O)=C\CN. The number of rotatable bonds is 5. The first kappa shape index (κ1) is 10.4. The lowest BCUT2D eigenvalue weighted by molar-refractivity contribution is 0.375. The minimum atomic E-state index is -0.0435. The second-order valence-corrected chi connectivity index (χ2v) is 1.90. The Bertz CT molecular complexity index is 218. The molecule has 66 valence electrons. The van der Waals surface area contributed by atoms with E-state index in [4.69, 9.17) is 10.8 Å². The predicted molar refractivity (Wildman–Crippen MR) is 50.7 cm³/mol. The summed E-state index contributed by atoms with van der Waals surface area (Å²) in [6, 6.07) is 0. The van der Waals surface area contributed by atoms with Crippen LogP contribution in [0.25, 0.3) is 0 Å². The van der Waals surface area contributed by atoms with Crippen LogP contribution in [0.15, 0.2) is 41.5 Å². The summed E-state index contributed by atoms with van der Waals surface area (Å²) in [6.45, 7) is 7.03. The van der Waals surface area contributed by atoms with Crippen molar-refractivity contribution in [1.82, 2.24) is 5.32 Å². The molecule has 0 aliphatic rings. The van der Waals surface area contributed by atoms with E-state index in [1.807, 2.05) is 0 Å². The molecule has 0 atom stereocenters. The molecule has 0 saturated heterocycles. The molecular formula is C8H13N3O. The van der Waals surface area contributed by atoms with Gasteiger partial charge < -0.3 is 16.2 Å². The Morgan fingerprint density at radius 3 is 2.75 bits per heavy atom. The molecule has 0 aromatic rings. The van der Waals surface area contributed by atoms with Gasteiger partial charge in [0.1, 0.15) is 5.82 Å². The molecule has 4 nitrogen and oxygen atoms in total. The summed E-state index contributed by atoms with van der Waals surface area (Å²) >= 11 is 0. The summed E-state index contributed by atoms with van der Waals surface area (Å²) in [6.07, 6.45) is 4.53. The minimum absolute atomic E-state index is 0.0435. The molecule has 4 heteroatoms. The predicted octanol–water partition coefficient (Wildman–Crippen LogP) is 0.662. The molecule has 4 N–H and O–H groups in total. The van der Waals surface area contributed by atoms with Crippen molar-refractivity contribution in [2.45, 2.75) is 0 Å². The van der Waals surface area contributed by atoms with E-state index >= 15 is 0 Å². The number of hydrogen-bond acceptors (Lipinski definition) is 4. The van der Waals surface area contributed by atoms with Gasteiger partial charge in [0.05, 0.1) is 0 Å². The van der Waals surface area contributed by atoms with E-state index < -0.39 is 0 Å². The molecule has 0 aliphatic heterocycles. The van der Waals surface area contributed by atoms with Crippen molar-refractivity contribution in [3.05, 3.63) is 36.5 Å². The fourth-order valence-corrected chi connectivity index (χ4v) is 0.539. The van der Waals surface area contributed by atoms with Gasteiger partial charge in [0, 0.05) is 6.54 Å². The number of aliphatic hydroxyl groups excluding tert-OH is 1. The number of aliphatic hydroxyl groups is 1. The molecule has 0 bridgehead atoms. The fourth-order valence-electron chi connectivity index (χ4n) is 0.539. The van der Waals surface area contributed by atoms with E-state index in [1.54, 1.807) is 6.08 Å². The van der Waals surface area contributed by atoms with Crippen LogP contribution in [0, 0.1) is 0 Å². The minimum Gasteiger partial charge on any atom is -0.495 e. The maximum absolute atomic E-state index is 9.08. The average Bonchev–Trinajstić information content (AvgIpc) is 2.04. The van der Waals surface area contributed by atoms with E-state index in [1.165, 1.54) is 12.2 Å². The monoisotopic (exact) mass is 167 g/mol. The van der Waals surface area contributed by atoms with Crippen LogP contribution in [0.2, 0.25) is 0 Å². The molecule has 0 aromatic heterocycles. The van der Waals surface area contributed by atoms with Crippen LogP contribution < -0.4 is 11.1 Å². The van der Waals surface area contributed by atoms with Gasteiger partial charge in [0.15, 0.2) is 5.88 Å². The molecule has 0 aliphatic carbocycles. The first-order chi connectivity index (χ1) is 5.74. The van der Waals surface area contributed by atoms with Crippen molar-refractivity contribution in [2.75, 3.05) is 6.54 Å². The molecule has 0 amide bonds. The Labute approximate surface area is 71.8 Å². The van der Waals surface area contributed by atoms with Gasteiger partial charge in [-0.15, -0.1) is 0 Å². The van der Waals surface area contributed by atoms with Crippen LogP contribution in [0.3, 0.4) is 0 Å². The van der Waals surface area contributed by atoms with Crippen molar-refractivity contribution in [2.24, 2.45) is 10.7 Å². The summed E-state index contributed by atoms with van der Waals surface area (Å²) < 4.78 is 0. The highest BCUT2D eigenvalue weighted by molar-refractivity contribution is 5.30. The van der Waals surface area contributed by atoms with Gasteiger partial charge in [-0.3, -0.25) is 0 Å². The van der Waals surface area contributed by atoms with Gasteiger partial charge in [-0.1, -0.05) is 12.7 Å². The molecule has 0 spiro atoms. The Kier molecular flexibility index (Phi) is 5.38. The zero-order valence-electron chi connectivity index (χ0n) is 6.83. The Balaban J connectivity index is 4.20. The number of nitrogens with two attached hydrogens (primary N) is 1. The van der Waals surface area contributed by atoms with E-state index in [2.05, 4.69) is 23.6 Å². The summed E-state index contributed by atoms with van der Waals surface area (Å²) in [7, 11) is 0. The van der Waals surface area contributed by atoms with Gasteiger partial charge in [-0.05, 0) is 18.9 Å². The molecule has 0 saturated carbocycles. The lowest BCUT2D eigenvalue weighted by Gasteiger charge is -2.02. The Morgan fingerprint density at radius 1 is 1.67 bits per heavy atom. The number of nitrogens with one attached hydrogen (secondary N) is 1. The number of hydrogen-bond donors (Lipinski definition) is 3. The van der Waals surface area contributed by atoms with E-state index in [9.17, 15) is 0 Å². The highest BCUT2D eigenvalue weighted by atomic mass is 16.3. The van der Waals surface area contributed by atoms with Crippen LogP contribution in [0.1, 0.15) is 0 Å². The van der Waals surface area contributed by atoms with Crippen LogP contribution in [0.4, 0.5) is 0 Å². The molecule has 0 aromatic carbocycles. The molecule has 12 heavy (non-hydrogen) atoms. The third-order valence-electron chi connectivity index (χ3n) is 1.01. The topological polar surface area (TPSA) is 70.6 Å². The molecule has 0 rings (SSSR count). The zero-order chi connectivity index (χ0) is 9.40. The van der Waals surface area contributed by atoms with Crippen molar-refractivity contribution in [3.63, 3.8) is 0 Å². The first-order valence-electron chi connectivity index (χ1n) is 3.40. The highest BCUT2D eigenvalue weighted by Crippen LogP contribution is 1.93. The van der Waals surface area contributed by atoms with E-state index in [0.717, 1.165) is 0 Å². The van der Waals surface area contributed by atoms with Gasteiger partial charge in [-0.25, -0.2) is 4.99 Å². The van der Waals surface area contributed by atoms with Gasteiger partial charge in [0.25, 0.3) is 0 Å². The summed E-state index contributed by atoms with van der Waals surface area (Å²) in [5.74, 6) is 0.380. The lowest BCUT2D eigenvalue weighted by atomic mass is 10.5. The molecule has 0 heterocycles. The van der Waals surface area contributed by atoms with Crippen molar-refractivity contribution in [1.29, 1.82) is 0 Å². The van der Waals surface area contributed by atoms with E-state index in [-0.39, 0.29) is 12.4 Å². The molecular weight excluding hydrogens is 154 g/mol. The summed E-state index contributed by atoms with van der Waals surface area (Å²) in [4.78, 5) is 3.59. The van der Waals surface area contributed by atoms with Crippen LogP contribution in [-0.4, -0.2) is 18.4 Å². The maximum Gasteiger partial charge on any atom is 0.186 e. The molecule has 0 fully saturated rings. The third kappa shape index (κ3) is 4.29. The summed E-state index contributed by atoms with van der Waals surface area (Å²) in [5, 5.41) is 11.7. The second-order valence-electron chi connectivity index (χ2n) is 1.90. The fraction of sp³-hybridized carbons (Fsp3) is 0.125. The average molecular weight is 167 g/mol. The normalized spacial score (nSPS) is 12.4. The van der Waals surface area contributed by atoms with Crippen molar-refractivity contribution >= 4 is 6.72 Å². The van der Waals surface area contributed by atoms with Gasteiger partial charge >= 0.3 is 0 Å². The highest BCUT2D eigenvalue weighted by Gasteiger charge is 1.92. The van der Waals surface area contributed by atoms with Gasteiger partial charge in [0.2, 0.25) is 0 Å². The van der Waals surface area contributed by atoms with Crippen LogP contribution in [-0.2, 0) is 0 Å². The largest absolute Gasteiger partial charge is 0.495 e. The smallest absolute Gasteiger partial charge is 0.186 e. The Morgan fingerprint density at radius 2 is 2.33 bits per heavy atom. The van der Waals surface area contributed by atoms with Crippen molar-refractivity contribution in [3.8, 4) is 0 Å². The maximum atomic E-state index is 9.08. The molecule has 0 radical (unpaired) electrons. The standard InChI is InChI=1S/C8H13N3O/c1-3-4-7(10-2)11-8(12)5-6-9/h3-5,11-12H,1-2,6,9H2/b7-4+,8-5+. The third-order valence-corrected chi connectivity index (χ3v) is 1.01. The summed E-state index contributed by atoms with van der Waals surface area (Å²) in [5.41, 5.74) is 5.16. The van der Waals surface area contributed by atoms with Gasteiger partial charge in [-0.2, -0.15) is 0 Å². The van der Waals surface area contributed by atoms with Crippen LogP contribution >= 0.6 is 0 Å². The van der Waals surface area contributed by atoms with Crippen molar-refractivity contribution < 1.29 is 5.11 Å².